The Balaban J connectivity index is 1.39. The molecule has 2 aliphatic carbocycles. The number of pyridine rings is 1. The number of nitriles is 1. The third-order valence-corrected chi connectivity index (χ3v) is 7.48. The highest BCUT2D eigenvalue weighted by molar-refractivity contribution is 7.99. The zero-order chi connectivity index (χ0) is 21.6. The second-order valence-corrected chi connectivity index (χ2v) is 9.82. The quantitative estimate of drug-likeness (QED) is 0.531. The summed E-state index contributed by atoms with van der Waals surface area (Å²) in [5, 5.41) is 17.2. The number of anilines is 2. The summed E-state index contributed by atoms with van der Waals surface area (Å²) in [6.07, 6.45) is 9.57. The molecule has 0 aromatic carbocycles. The molecule has 4 rings (SSSR count). The average Bonchev–Trinajstić information content (AvgIpc) is 2.77. The maximum atomic E-state index is 9.50. The molecule has 0 spiro atoms. The SMILES string of the molecule is CCSc1ncccc1CNc1ncc(C#N)c(NCC2C[C@H]3CCC[C@@H](C2)[C@@H]3N)n1. The lowest BCUT2D eigenvalue weighted by Crippen LogP contribution is -2.47. The van der Waals surface area contributed by atoms with Gasteiger partial charge in [0.05, 0.1) is 6.20 Å². The smallest absolute Gasteiger partial charge is 0.224 e. The van der Waals surface area contributed by atoms with E-state index < -0.39 is 0 Å². The summed E-state index contributed by atoms with van der Waals surface area (Å²) in [5.74, 6) is 3.96. The van der Waals surface area contributed by atoms with E-state index in [4.69, 9.17) is 5.73 Å². The van der Waals surface area contributed by atoms with Gasteiger partial charge in [0, 0.05) is 30.9 Å². The molecule has 8 heteroatoms. The summed E-state index contributed by atoms with van der Waals surface area (Å²) in [7, 11) is 0. The average molecular weight is 438 g/mol. The zero-order valence-electron chi connectivity index (χ0n) is 18.1. The fourth-order valence-electron chi connectivity index (χ4n) is 5.01. The van der Waals surface area contributed by atoms with Gasteiger partial charge < -0.3 is 16.4 Å². The molecule has 2 aromatic heterocycles. The van der Waals surface area contributed by atoms with Crippen LogP contribution in [0.4, 0.5) is 11.8 Å². The Morgan fingerprint density at radius 2 is 2.03 bits per heavy atom. The Hall–Kier alpha value is -2.37. The Labute approximate surface area is 188 Å². The van der Waals surface area contributed by atoms with E-state index in [0.29, 0.717) is 47.7 Å². The molecule has 7 nitrogen and oxygen atoms in total. The van der Waals surface area contributed by atoms with Crippen LogP contribution in [-0.2, 0) is 6.54 Å². The molecule has 4 atom stereocenters. The highest BCUT2D eigenvalue weighted by atomic mass is 32.2. The number of nitrogens with two attached hydrogens (primary N) is 1. The summed E-state index contributed by atoms with van der Waals surface area (Å²) in [6.45, 7) is 3.53. The molecule has 2 heterocycles. The van der Waals surface area contributed by atoms with E-state index in [9.17, 15) is 5.26 Å². The van der Waals surface area contributed by atoms with E-state index in [0.717, 1.165) is 22.9 Å². The lowest BCUT2D eigenvalue weighted by atomic mass is 9.65. The summed E-state index contributed by atoms with van der Waals surface area (Å²) in [4.78, 5) is 13.4. The normalized spacial score (nSPS) is 24.9. The van der Waals surface area contributed by atoms with E-state index in [1.807, 2.05) is 12.3 Å². The molecule has 2 aromatic rings. The van der Waals surface area contributed by atoms with Gasteiger partial charge in [-0.05, 0) is 55.3 Å². The molecule has 0 aliphatic heterocycles. The third kappa shape index (κ3) is 5.28. The van der Waals surface area contributed by atoms with Crippen LogP contribution in [0.2, 0.25) is 0 Å². The lowest BCUT2D eigenvalue weighted by molar-refractivity contribution is 0.112. The van der Waals surface area contributed by atoms with Crippen LogP contribution in [0.1, 0.15) is 50.2 Å². The standard InChI is InChI=1S/C23H31N7S/c1-2-31-22-18(7-4-8-26-22)13-28-23-29-14-19(11-24)21(30-23)27-12-15-9-16-5-3-6-17(10-15)20(16)25/h4,7-8,14-17,20H,2-3,5-6,9-10,12-13,25H2,1H3,(H2,27,28,29,30)/t15?,16-,17+,20-. The predicted octanol–water partition coefficient (Wildman–Crippen LogP) is 4.03. The molecule has 2 aliphatic rings. The molecule has 0 amide bonds. The molecule has 2 fully saturated rings. The highest BCUT2D eigenvalue weighted by Crippen LogP contribution is 2.41. The Bertz CT molecular complexity index is 914. The second-order valence-electron chi connectivity index (χ2n) is 8.57. The number of hydrogen-bond donors (Lipinski definition) is 3. The van der Waals surface area contributed by atoms with Gasteiger partial charge in [-0.15, -0.1) is 11.8 Å². The van der Waals surface area contributed by atoms with Crippen molar-refractivity contribution < 1.29 is 0 Å². The van der Waals surface area contributed by atoms with Crippen LogP contribution in [0.5, 0.6) is 0 Å². The Morgan fingerprint density at radius 1 is 1.23 bits per heavy atom. The summed E-state index contributed by atoms with van der Waals surface area (Å²) >= 11 is 1.72. The van der Waals surface area contributed by atoms with Crippen molar-refractivity contribution in [2.24, 2.45) is 23.5 Å². The molecular weight excluding hydrogens is 406 g/mol. The number of hydrogen-bond acceptors (Lipinski definition) is 8. The molecule has 0 radical (unpaired) electrons. The van der Waals surface area contributed by atoms with E-state index >= 15 is 0 Å². The van der Waals surface area contributed by atoms with Gasteiger partial charge in [0.2, 0.25) is 5.95 Å². The van der Waals surface area contributed by atoms with Crippen molar-refractivity contribution in [3.63, 3.8) is 0 Å². The van der Waals surface area contributed by atoms with Crippen molar-refractivity contribution in [1.29, 1.82) is 5.26 Å². The van der Waals surface area contributed by atoms with Crippen molar-refractivity contribution in [2.75, 3.05) is 22.9 Å². The lowest BCUT2D eigenvalue weighted by Gasteiger charge is -2.44. The number of nitrogens with zero attached hydrogens (tertiary/aromatic N) is 4. The van der Waals surface area contributed by atoms with Crippen LogP contribution in [0.3, 0.4) is 0 Å². The van der Waals surface area contributed by atoms with Gasteiger partial charge in [0.25, 0.3) is 0 Å². The van der Waals surface area contributed by atoms with Crippen LogP contribution >= 0.6 is 11.8 Å². The van der Waals surface area contributed by atoms with Crippen LogP contribution in [0.15, 0.2) is 29.6 Å². The number of fused-ring (bicyclic) bond motifs is 2. The molecule has 2 saturated carbocycles. The molecule has 0 saturated heterocycles. The van der Waals surface area contributed by atoms with Gasteiger partial charge in [-0.2, -0.15) is 10.2 Å². The van der Waals surface area contributed by atoms with Gasteiger partial charge in [-0.1, -0.05) is 19.4 Å². The number of aromatic nitrogens is 3. The highest BCUT2D eigenvalue weighted by Gasteiger charge is 2.37. The van der Waals surface area contributed by atoms with Gasteiger partial charge in [0.1, 0.15) is 22.5 Å². The Morgan fingerprint density at radius 3 is 2.77 bits per heavy atom. The Kier molecular flexibility index (Phi) is 7.25. The maximum Gasteiger partial charge on any atom is 0.224 e. The van der Waals surface area contributed by atoms with E-state index in [2.05, 4.69) is 44.6 Å². The first kappa shape index (κ1) is 21.8. The fraction of sp³-hybridized carbons (Fsp3) is 0.565. The monoisotopic (exact) mass is 437 g/mol. The van der Waals surface area contributed by atoms with E-state index in [-0.39, 0.29) is 0 Å². The van der Waals surface area contributed by atoms with Gasteiger partial charge >= 0.3 is 0 Å². The molecule has 1 unspecified atom stereocenters. The molecular formula is C23H31N7S. The van der Waals surface area contributed by atoms with Crippen molar-refractivity contribution in [2.45, 2.75) is 56.6 Å². The van der Waals surface area contributed by atoms with Crippen LogP contribution in [0.25, 0.3) is 0 Å². The summed E-state index contributed by atoms with van der Waals surface area (Å²) in [6, 6.07) is 6.58. The summed E-state index contributed by atoms with van der Waals surface area (Å²) < 4.78 is 0. The van der Waals surface area contributed by atoms with Crippen molar-refractivity contribution in [1.82, 2.24) is 15.0 Å². The van der Waals surface area contributed by atoms with Crippen molar-refractivity contribution >= 4 is 23.5 Å². The van der Waals surface area contributed by atoms with Gasteiger partial charge in [-0.3, -0.25) is 0 Å². The second kappa shape index (κ2) is 10.3. The molecule has 4 N–H and O–H groups in total. The van der Waals surface area contributed by atoms with Crippen LogP contribution in [0, 0.1) is 29.1 Å². The van der Waals surface area contributed by atoms with Gasteiger partial charge in [-0.25, -0.2) is 9.97 Å². The number of nitrogens with one attached hydrogen (secondary N) is 2. The number of thioether (sulfide) groups is 1. The first-order chi connectivity index (χ1) is 15.2. The topological polar surface area (TPSA) is 113 Å². The minimum absolute atomic E-state index is 0.373. The number of rotatable bonds is 8. The van der Waals surface area contributed by atoms with Crippen LogP contribution in [-0.4, -0.2) is 33.3 Å². The molecule has 164 valence electrons. The minimum atomic E-state index is 0.373. The molecule has 31 heavy (non-hydrogen) atoms. The first-order valence-corrected chi connectivity index (χ1v) is 12.2. The summed E-state index contributed by atoms with van der Waals surface area (Å²) in [5.41, 5.74) is 8.02. The largest absolute Gasteiger partial charge is 0.369 e. The van der Waals surface area contributed by atoms with Crippen LogP contribution < -0.4 is 16.4 Å². The fourth-order valence-corrected chi connectivity index (χ4v) is 5.74. The van der Waals surface area contributed by atoms with E-state index in [1.54, 1.807) is 18.0 Å². The maximum absolute atomic E-state index is 9.50. The van der Waals surface area contributed by atoms with Gasteiger partial charge in [0.15, 0.2) is 0 Å². The molecule has 2 bridgehead atoms. The zero-order valence-corrected chi connectivity index (χ0v) is 18.9. The predicted molar refractivity (Wildman–Crippen MR) is 125 cm³/mol. The van der Waals surface area contributed by atoms with Crippen molar-refractivity contribution in [3.8, 4) is 6.07 Å². The third-order valence-electron chi connectivity index (χ3n) is 6.55. The first-order valence-electron chi connectivity index (χ1n) is 11.2. The minimum Gasteiger partial charge on any atom is -0.369 e. The van der Waals surface area contributed by atoms with Crippen molar-refractivity contribution in [3.05, 3.63) is 35.7 Å². The van der Waals surface area contributed by atoms with E-state index in [1.165, 1.54) is 32.1 Å².